The van der Waals surface area contributed by atoms with Gasteiger partial charge in [-0.05, 0) is 37.6 Å². The fourth-order valence-electron chi connectivity index (χ4n) is 1.72. The van der Waals surface area contributed by atoms with Crippen LogP contribution in [0.5, 0.6) is 0 Å². The lowest BCUT2D eigenvalue weighted by molar-refractivity contribution is 0.0697. The summed E-state index contributed by atoms with van der Waals surface area (Å²) in [6.07, 6.45) is 1.35. The van der Waals surface area contributed by atoms with Gasteiger partial charge >= 0.3 is 5.97 Å². The van der Waals surface area contributed by atoms with Gasteiger partial charge in [0.1, 0.15) is 5.56 Å². The standard InChI is InChI=1S/C14H13ClN2O2/c1-8-6-13(10(7-16-8)14(18)19)17-12-5-3-4-11(15)9(12)2/h3-7H,1-2H3,(H,16,17)(H,18,19). The fourth-order valence-corrected chi connectivity index (χ4v) is 1.90. The highest BCUT2D eigenvalue weighted by atomic mass is 35.5. The van der Waals surface area contributed by atoms with Crippen molar-refractivity contribution in [3.8, 4) is 0 Å². The average molecular weight is 277 g/mol. The third-order valence-electron chi connectivity index (χ3n) is 2.81. The molecule has 19 heavy (non-hydrogen) atoms. The first-order valence-corrected chi connectivity index (χ1v) is 6.09. The maximum Gasteiger partial charge on any atom is 0.339 e. The second kappa shape index (κ2) is 5.28. The van der Waals surface area contributed by atoms with Crippen molar-refractivity contribution in [3.05, 3.63) is 52.3 Å². The number of hydrogen-bond acceptors (Lipinski definition) is 3. The predicted molar refractivity (Wildman–Crippen MR) is 75.4 cm³/mol. The summed E-state index contributed by atoms with van der Waals surface area (Å²) in [5, 5.41) is 12.9. The van der Waals surface area contributed by atoms with Crippen molar-refractivity contribution in [1.29, 1.82) is 0 Å². The van der Waals surface area contributed by atoms with Crippen molar-refractivity contribution in [2.75, 3.05) is 5.32 Å². The summed E-state index contributed by atoms with van der Waals surface area (Å²) >= 11 is 6.04. The van der Waals surface area contributed by atoms with Crippen LogP contribution < -0.4 is 5.32 Å². The maximum absolute atomic E-state index is 11.2. The number of carboxylic acids is 1. The molecule has 0 aliphatic rings. The zero-order valence-electron chi connectivity index (χ0n) is 10.6. The molecule has 2 N–H and O–H groups in total. The lowest BCUT2D eigenvalue weighted by atomic mass is 10.1. The summed E-state index contributed by atoms with van der Waals surface area (Å²) in [7, 11) is 0. The molecule has 0 aliphatic heterocycles. The first-order valence-electron chi connectivity index (χ1n) is 5.71. The number of aromatic nitrogens is 1. The van der Waals surface area contributed by atoms with Crippen LogP contribution in [0.2, 0.25) is 5.02 Å². The van der Waals surface area contributed by atoms with E-state index in [1.807, 2.05) is 26.0 Å². The molecule has 0 unspecified atom stereocenters. The topological polar surface area (TPSA) is 62.2 Å². The normalized spacial score (nSPS) is 10.3. The molecule has 2 aromatic rings. The molecule has 0 bridgehead atoms. The van der Waals surface area contributed by atoms with Crippen LogP contribution in [0.3, 0.4) is 0 Å². The van der Waals surface area contributed by atoms with Crippen molar-refractivity contribution in [2.45, 2.75) is 13.8 Å². The Bertz CT molecular complexity index is 641. The monoisotopic (exact) mass is 276 g/mol. The summed E-state index contributed by atoms with van der Waals surface area (Å²) in [5.41, 5.74) is 3.03. The molecular weight excluding hydrogens is 264 g/mol. The Morgan fingerprint density at radius 2 is 2.05 bits per heavy atom. The zero-order chi connectivity index (χ0) is 14.0. The molecule has 2 rings (SSSR count). The highest BCUT2D eigenvalue weighted by molar-refractivity contribution is 6.31. The summed E-state index contributed by atoms with van der Waals surface area (Å²) in [4.78, 5) is 15.2. The fraction of sp³-hybridized carbons (Fsp3) is 0.143. The quantitative estimate of drug-likeness (QED) is 0.895. The van der Waals surface area contributed by atoms with Gasteiger partial charge in [0.15, 0.2) is 0 Å². The van der Waals surface area contributed by atoms with Gasteiger partial charge in [0, 0.05) is 22.6 Å². The molecule has 0 saturated heterocycles. The number of carboxylic acid groups (broad SMARTS) is 1. The number of nitrogens with one attached hydrogen (secondary N) is 1. The van der Waals surface area contributed by atoms with E-state index < -0.39 is 5.97 Å². The minimum absolute atomic E-state index is 0.130. The van der Waals surface area contributed by atoms with E-state index in [1.54, 1.807) is 12.1 Å². The summed E-state index contributed by atoms with van der Waals surface area (Å²) in [6.45, 7) is 3.68. The smallest absolute Gasteiger partial charge is 0.339 e. The van der Waals surface area contributed by atoms with Crippen LogP contribution in [0.1, 0.15) is 21.6 Å². The van der Waals surface area contributed by atoms with Crippen LogP contribution in [0, 0.1) is 13.8 Å². The van der Waals surface area contributed by atoms with E-state index in [0.29, 0.717) is 10.7 Å². The molecule has 5 heteroatoms. The predicted octanol–water partition coefficient (Wildman–Crippen LogP) is 3.79. The Morgan fingerprint density at radius 3 is 2.74 bits per heavy atom. The van der Waals surface area contributed by atoms with Crippen LogP contribution >= 0.6 is 11.6 Å². The van der Waals surface area contributed by atoms with Crippen LogP contribution in [0.15, 0.2) is 30.5 Å². The number of aromatic carboxylic acids is 1. The second-order valence-corrected chi connectivity index (χ2v) is 4.62. The average Bonchev–Trinajstić information content (AvgIpc) is 2.35. The van der Waals surface area contributed by atoms with E-state index in [2.05, 4.69) is 10.3 Å². The van der Waals surface area contributed by atoms with E-state index in [1.165, 1.54) is 6.20 Å². The second-order valence-electron chi connectivity index (χ2n) is 4.21. The van der Waals surface area contributed by atoms with E-state index >= 15 is 0 Å². The molecule has 0 atom stereocenters. The largest absolute Gasteiger partial charge is 0.478 e. The van der Waals surface area contributed by atoms with Crippen LogP contribution in [0.4, 0.5) is 11.4 Å². The molecule has 1 heterocycles. The van der Waals surface area contributed by atoms with Gasteiger partial charge in [-0.3, -0.25) is 4.98 Å². The first kappa shape index (κ1) is 13.4. The highest BCUT2D eigenvalue weighted by Gasteiger charge is 2.12. The molecule has 0 fully saturated rings. The molecule has 0 spiro atoms. The van der Waals surface area contributed by atoms with E-state index in [4.69, 9.17) is 16.7 Å². The van der Waals surface area contributed by atoms with Gasteiger partial charge in [0.05, 0.1) is 5.69 Å². The van der Waals surface area contributed by atoms with E-state index in [0.717, 1.165) is 16.9 Å². The summed E-state index contributed by atoms with van der Waals surface area (Å²) in [6, 6.07) is 7.15. The number of hydrogen-bond donors (Lipinski definition) is 2. The van der Waals surface area contributed by atoms with E-state index in [9.17, 15) is 4.79 Å². The number of pyridine rings is 1. The number of aryl methyl sites for hydroxylation is 1. The molecule has 98 valence electrons. The summed E-state index contributed by atoms with van der Waals surface area (Å²) < 4.78 is 0. The van der Waals surface area contributed by atoms with Gasteiger partial charge < -0.3 is 10.4 Å². The number of nitrogens with zero attached hydrogens (tertiary/aromatic N) is 1. The number of benzene rings is 1. The van der Waals surface area contributed by atoms with Crippen molar-refractivity contribution in [3.63, 3.8) is 0 Å². The Labute approximate surface area is 116 Å². The molecule has 4 nitrogen and oxygen atoms in total. The third kappa shape index (κ3) is 2.85. The van der Waals surface area contributed by atoms with Gasteiger partial charge in [-0.2, -0.15) is 0 Å². The Hall–Kier alpha value is -2.07. The lowest BCUT2D eigenvalue weighted by Crippen LogP contribution is -2.05. The highest BCUT2D eigenvalue weighted by Crippen LogP contribution is 2.27. The number of anilines is 2. The Kier molecular flexibility index (Phi) is 3.71. The minimum Gasteiger partial charge on any atom is -0.478 e. The molecule has 1 aromatic carbocycles. The third-order valence-corrected chi connectivity index (χ3v) is 3.22. The Balaban J connectivity index is 2.45. The number of rotatable bonds is 3. The zero-order valence-corrected chi connectivity index (χ0v) is 11.3. The molecule has 1 aromatic heterocycles. The van der Waals surface area contributed by atoms with Crippen molar-refractivity contribution in [1.82, 2.24) is 4.98 Å². The van der Waals surface area contributed by atoms with E-state index in [-0.39, 0.29) is 5.56 Å². The van der Waals surface area contributed by atoms with Gasteiger partial charge in [0.2, 0.25) is 0 Å². The molecule has 0 saturated carbocycles. The SMILES string of the molecule is Cc1cc(Nc2cccc(Cl)c2C)c(C(=O)O)cn1. The first-order chi connectivity index (χ1) is 8.99. The molecule has 0 aliphatic carbocycles. The summed E-state index contributed by atoms with van der Waals surface area (Å²) in [5.74, 6) is -1.02. The van der Waals surface area contributed by atoms with Gasteiger partial charge in [-0.15, -0.1) is 0 Å². The van der Waals surface area contributed by atoms with Crippen molar-refractivity contribution in [2.24, 2.45) is 0 Å². The van der Waals surface area contributed by atoms with Crippen LogP contribution in [-0.4, -0.2) is 16.1 Å². The van der Waals surface area contributed by atoms with Gasteiger partial charge in [-0.25, -0.2) is 4.79 Å². The minimum atomic E-state index is -1.02. The van der Waals surface area contributed by atoms with Crippen molar-refractivity contribution < 1.29 is 9.90 Å². The maximum atomic E-state index is 11.2. The van der Waals surface area contributed by atoms with Gasteiger partial charge in [-0.1, -0.05) is 17.7 Å². The number of halogens is 1. The van der Waals surface area contributed by atoms with Crippen molar-refractivity contribution >= 4 is 28.9 Å². The van der Waals surface area contributed by atoms with Crippen LogP contribution in [0.25, 0.3) is 0 Å². The van der Waals surface area contributed by atoms with Crippen LogP contribution in [-0.2, 0) is 0 Å². The molecule has 0 radical (unpaired) electrons. The molecular formula is C14H13ClN2O2. The number of carbonyl (C=O) groups is 1. The van der Waals surface area contributed by atoms with Gasteiger partial charge in [0.25, 0.3) is 0 Å². The Morgan fingerprint density at radius 1 is 1.32 bits per heavy atom. The molecule has 0 amide bonds. The lowest BCUT2D eigenvalue weighted by Gasteiger charge is -2.13.